The Morgan fingerprint density at radius 3 is 1.41 bits per heavy atom. The molecule has 0 unspecified atom stereocenters. The molecule has 0 spiro atoms. The molecule has 0 aliphatic rings. The van der Waals surface area contributed by atoms with Gasteiger partial charge in [0, 0.05) is 6.08 Å². The molecule has 0 aromatic heterocycles. The van der Waals surface area contributed by atoms with Gasteiger partial charge in [-0.1, -0.05) is 43.0 Å². The van der Waals surface area contributed by atoms with Crippen molar-refractivity contribution in [3.8, 4) is 0 Å². The van der Waals surface area contributed by atoms with Gasteiger partial charge in [-0.2, -0.15) is 0 Å². The molecule has 0 aliphatic carbocycles. The Labute approximate surface area is 158 Å². The van der Waals surface area contributed by atoms with Gasteiger partial charge in [-0.3, -0.25) is 0 Å². The van der Waals surface area contributed by atoms with Crippen molar-refractivity contribution in [2.45, 2.75) is 26.4 Å². The SMILES string of the molecule is C=CC(=O)OC(C)(C)C.O=C(OOC(=O)c1ccccc1)c1ccccc1. The zero-order chi connectivity index (χ0) is 20.3. The van der Waals surface area contributed by atoms with Crippen LogP contribution < -0.4 is 0 Å². The fourth-order valence-electron chi connectivity index (χ4n) is 1.66. The average Bonchev–Trinajstić information content (AvgIpc) is 2.66. The first-order chi connectivity index (χ1) is 12.7. The van der Waals surface area contributed by atoms with E-state index in [9.17, 15) is 14.4 Å². The van der Waals surface area contributed by atoms with Gasteiger partial charge in [-0.05, 0) is 45.0 Å². The number of hydrogen-bond acceptors (Lipinski definition) is 6. The van der Waals surface area contributed by atoms with Crippen LogP contribution >= 0.6 is 0 Å². The molecule has 0 aliphatic heterocycles. The summed E-state index contributed by atoms with van der Waals surface area (Å²) in [6.45, 7) is 8.71. The van der Waals surface area contributed by atoms with E-state index in [-0.39, 0.29) is 5.97 Å². The van der Waals surface area contributed by atoms with E-state index in [0.717, 1.165) is 6.08 Å². The van der Waals surface area contributed by atoms with Crippen molar-refractivity contribution in [1.82, 2.24) is 0 Å². The Hall–Kier alpha value is -3.41. The Kier molecular flexibility index (Phi) is 8.45. The maximum Gasteiger partial charge on any atom is 0.386 e. The van der Waals surface area contributed by atoms with Gasteiger partial charge in [0.05, 0.1) is 11.1 Å². The lowest BCUT2D eigenvalue weighted by Crippen LogP contribution is -2.22. The summed E-state index contributed by atoms with van der Waals surface area (Å²) >= 11 is 0. The molecule has 0 bridgehead atoms. The molecule has 0 saturated carbocycles. The van der Waals surface area contributed by atoms with Gasteiger partial charge >= 0.3 is 17.9 Å². The largest absolute Gasteiger partial charge is 0.457 e. The van der Waals surface area contributed by atoms with Crippen LogP contribution in [0.25, 0.3) is 0 Å². The van der Waals surface area contributed by atoms with Crippen LogP contribution in [0.3, 0.4) is 0 Å². The molecule has 142 valence electrons. The minimum Gasteiger partial charge on any atom is -0.457 e. The van der Waals surface area contributed by atoms with E-state index in [1.807, 2.05) is 20.8 Å². The third-order valence-corrected chi connectivity index (χ3v) is 2.79. The van der Waals surface area contributed by atoms with Gasteiger partial charge in [0.2, 0.25) is 0 Å². The van der Waals surface area contributed by atoms with Crippen molar-refractivity contribution in [2.75, 3.05) is 0 Å². The molecule has 0 atom stereocenters. The second-order valence-corrected chi connectivity index (χ2v) is 6.21. The summed E-state index contributed by atoms with van der Waals surface area (Å²) in [6.07, 6.45) is 1.16. The fraction of sp³-hybridized carbons (Fsp3) is 0.190. The lowest BCUT2D eigenvalue weighted by molar-refractivity contribution is -0.187. The Morgan fingerprint density at radius 2 is 1.15 bits per heavy atom. The molecule has 2 rings (SSSR count). The summed E-state index contributed by atoms with van der Waals surface area (Å²) in [5.41, 5.74) is 0.238. The first-order valence-electron chi connectivity index (χ1n) is 8.11. The van der Waals surface area contributed by atoms with E-state index < -0.39 is 17.5 Å². The molecular weight excluding hydrogens is 348 g/mol. The van der Waals surface area contributed by atoms with E-state index in [2.05, 4.69) is 16.4 Å². The highest BCUT2D eigenvalue weighted by molar-refractivity contribution is 5.92. The van der Waals surface area contributed by atoms with Crippen molar-refractivity contribution in [3.05, 3.63) is 84.4 Å². The van der Waals surface area contributed by atoms with E-state index in [4.69, 9.17) is 4.74 Å². The highest BCUT2D eigenvalue weighted by Crippen LogP contribution is 2.06. The van der Waals surface area contributed by atoms with Gasteiger partial charge in [-0.15, -0.1) is 0 Å². The van der Waals surface area contributed by atoms with E-state index in [0.29, 0.717) is 11.1 Å². The minimum atomic E-state index is -0.708. The monoisotopic (exact) mass is 370 g/mol. The topological polar surface area (TPSA) is 78.9 Å². The van der Waals surface area contributed by atoms with Gasteiger partial charge < -0.3 is 4.74 Å². The summed E-state index contributed by atoms with van der Waals surface area (Å²) in [5, 5.41) is 0. The van der Waals surface area contributed by atoms with Gasteiger partial charge in [0.1, 0.15) is 5.60 Å². The molecule has 27 heavy (non-hydrogen) atoms. The maximum absolute atomic E-state index is 11.5. The van der Waals surface area contributed by atoms with Crippen molar-refractivity contribution in [1.29, 1.82) is 0 Å². The quantitative estimate of drug-likeness (QED) is 0.350. The molecule has 0 amide bonds. The van der Waals surface area contributed by atoms with Crippen LogP contribution in [0.2, 0.25) is 0 Å². The minimum absolute atomic E-state index is 0.318. The zero-order valence-corrected chi connectivity index (χ0v) is 15.5. The standard InChI is InChI=1S/C14H10O4.C7H12O2/c15-13(11-7-3-1-4-8-11)17-18-14(16)12-9-5-2-6-10-12;1-5-6(8)9-7(2,3)4/h1-10H;5H,1H2,2-4H3. The number of rotatable bonds is 3. The predicted molar refractivity (Wildman–Crippen MR) is 99.8 cm³/mol. The molecule has 2 aromatic rings. The van der Waals surface area contributed by atoms with Crippen LogP contribution in [0.4, 0.5) is 0 Å². The molecule has 6 heteroatoms. The third kappa shape index (κ3) is 9.02. The second kappa shape index (κ2) is 10.6. The summed E-state index contributed by atoms with van der Waals surface area (Å²) < 4.78 is 4.83. The van der Waals surface area contributed by atoms with Crippen molar-refractivity contribution in [3.63, 3.8) is 0 Å². The average molecular weight is 370 g/mol. The molecule has 6 nitrogen and oxygen atoms in total. The van der Waals surface area contributed by atoms with Crippen LogP contribution in [0.1, 0.15) is 41.5 Å². The Morgan fingerprint density at radius 1 is 0.778 bits per heavy atom. The first-order valence-corrected chi connectivity index (χ1v) is 8.11. The number of carbonyl (C=O) groups is 3. The molecular formula is C21H22O6. The zero-order valence-electron chi connectivity index (χ0n) is 15.5. The molecule has 0 heterocycles. The normalized spacial score (nSPS) is 9.89. The fourth-order valence-corrected chi connectivity index (χ4v) is 1.66. The van der Waals surface area contributed by atoms with Crippen LogP contribution in [-0.4, -0.2) is 23.5 Å². The lowest BCUT2D eigenvalue weighted by Gasteiger charge is -2.17. The Balaban J connectivity index is 0.000000345. The van der Waals surface area contributed by atoms with Crippen molar-refractivity contribution >= 4 is 17.9 Å². The van der Waals surface area contributed by atoms with Gasteiger partial charge in [0.25, 0.3) is 0 Å². The number of benzene rings is 2. The smallest absolute Gasteiger partial charge is 0.386 e. The van der Waals surface area contributed by atoms with E-state index in [1.165, 1.54) is 0 Å². The predicted octanol–water partition coefficient (Wildman–Crippen LogP) is 4.13. The lowest BCUT2D eigenvalue weighted by atomic mass is 10.2. The number of ether oxygens (including phenoxy) is 1. The first kappa shape index (κ1) is 21.6. The number of carbonyl (C=O) groups excluding carboxylic acids is 3. The number of hydrogen-bond donors (Lipinski definition) is 0. The third-order valence-electron chi connectivity index (χ3n) is 2.79. The molecule has 2 aromatic carbocycles. The molecule has 0 radical (unpaired) electrons. The summed E-state index contributed by atoms with van der Waals surface area (Å²) in [5.74, 6) is -1.79. The van der Waals surface area contributed by atoms with Gasteiger partial charge in [0.15, 0.2) is 0 Å². The summed E-state index contributed by atoms with van der Waals surface area (Å²) in [6, 6.07) is 16.6. The van der Waals surface area contributed by atoms with Crippen molar-refractivity contribution in [2.24, 2.45) is 0 Å². The highest BCUT2D eigenvalue weighted by atomic mass is 17.2. The van der Waals surface area contributed by atoms with Gasteiger partial charge in [-0.25, -0.2) is 24.2 Å². The maximum atomic E-state index is 11.5. The van der Waals surface area contributed by atoms with Crippen LogP contribution in [0.15, 0.2) is 73.3 Å². The number of esters is 1. The summed E-state index contributed by atoms with van der Waals surface area (Å²) in [7, 11) is 0. The second-order valence-electron chi connectivity index (χ2n) is 6.21. The molecule has 0 N–H and O–H groups in total. The highest BCUT2D eigenvalue weighted by Gasteiger charge is 2.13. The molecule has 0 saturated heterocycles. The van der Waals surface area contributed by atoms with Crippen LogP contribution in [0, 0.1) is 0 Å². The summed E-state index contributed by atoms with van der Waals surface area (Å²) in [4.78, 5) is 42.4. The van der Waals surface area contributed by atoms with E-state index in [1.54, 1.807) is 60.7 Å². The van der Waals surface area contributed by atoms with Crippen LogP contribution in [-0.2, 0) is 19.3 Å². The Bertz CT molecular complexity index is 709. The van der Waals surface area contributed by atoms with E-state index >= 15 is 0 Å². The molecule has 0 fully saturated rings. The van der Waals surface area contributed by atoms with Crippen molar-refractivity contribution < 1.29 is 28.9 Å². The van der Waals surface area contributed by atoms with Crippen LogP contribution in [0.5, 0.6) is 0 Å².